The van der Waals surface area contributed by atoms with Crippen LogP contribution in [-0.2, 0) is 5.41 Å². The zero-order chi connectivity index (χ0) is 19.7. The van der Waals surface area contributed by atoms with Crippen LogP contribution < -0.4 is 0 Å². The fourth-order valence-corrected chi connectivity index (χ4v) is 2.60. The van der Waals surface area contributed by atoms with Crippen molar-refractivity contribution in [2.75, 3.05) is 0 Å². The van der Waals surface area contributed by atoms with Crippen LogP contribution in [0.2, 0.25) is 0 Å². The van der Waals surface area contributed by atoms with E-state index in [1.54, 1.807) is 0 Å². The molecule has 0 aliphatic heterocycles. The molecule has 0 saturated heterocycles. The van der Waals surface area contributed by atoms with E-state index < -0.39 is 0 Å². The van der Waals surface area contributed by atoms with Crippen molar-refractivity contribution in [3.05, 3.63) is 89.6 Å². The van der Waals surface area contributed by atoms with Crippen LogP contribution in [0.15, 0.2) is 78.4 Å². The smallest absolute Gasteiger partial charge is 0.0132 e. The molecule has 0 heterocycles. The first-order chi connectivity index (χ1) is 12.2. The van der Waals surface area contributed by atoms with Crippen LogP contribution in [0, 0.1) is 5.92 Å². The number of rotatable bonds is 7. The first-order valence-electron chi connectivity index (χ1n) is 9.68. The molecule has 0 N–H and O–H groups in total. The summed E-state index contributed by atoms with van der Waals surface area (Å²) < 4.78 is 0. The predicted octanol–water partition coefficient (Wildman–Crippen LogP) is 8.05. The Labute approximate surface area is 161 Å². The molecule has 0 aliphatic rings. The third-order valence-corrected chi connectivity index (χ3v) is 4.67. The van der Waals surface area contributed by atoms with Crippen molar-refractivity contribution in [3.63, 3.8) is 0 Å². The molecule has 0 saturated carbocycles. The van der Waals surface area contributed by atoms with E-state index in [-0.39, 0.29) is 5.41 Å². The highest BCUT2D eigenvalue weighted by atomic mass is 14.2. The third-order valence-electron chi connectivity index (χ3n) is 4.67. The topological polar surface area (TPSA) is 0 Å². The van der Waals surface area contributed by atoms with Crippen molar-refractivity contribution >= 4 is 5.57 Å². The zero-order valence-corrected chi connectivity index (χ0v) is 17.8. The lowest BCUT2D eigenvalue weighted by molar-refractivity contribution is 0.590. The van der Waals surface area contributed by atoms with Crippen molar-refractivity contribution in [3.8, 4) is 0 Å². The Hall–Kier alpha value is -2.08. The number of hydrogen-bond acceptors (Lipinski definition) is 0. The van der Waals surface area contributed by atoms with Gasteiger partial charge in [0.05, 0.1) is 0 Å². The van der Waals surface area contributed by atoms with E-state index in [4.69, 9.17) is 0 Å². The van der Waals surface area contributed by atoms with Crippen molar-refractivity contribution < 1.29 is 0 Å². The lowest BCUT2D eigenvalue weighted by Gasteiger charge is -2.19. The minimum atomic E-state index is 0.184. The van der Waals surface area contributed by atoms with E-state index in [2.05, 4.69) is 109 Å². The van der Waals surface area contributed by atoms with Gasteiger partial charge in [-0.3, -0.25) is 0 Å². The second-order valence-corrected chi connectivity index (χ2v) is 8.07. The van der Waals surface area contributed by atoms with Crippen LogP contribution in [0.5, 0.6) is 0 Å². The first kappa shape index (κ1) is 22.0. The summed E-state index contributed by atoms with van der Waals surface area (Å²) in [5.74, 6) is 0.602. The van der Waals surface area contributed by atoms with Crippen molar-refractivity contribution in [2.24, 2.45) is 5.92 Å². The van der Waals surface area contributed by atoms with Gasteiger partial charge in [0.15, 0.2) is 0 Å². The van der Waals surface area contributed by atoms with Gasteiger partial charge in [0.2, 0.25) is 0 Å². The summed E-state index contributed by atoms with van der Waals surface area (Å²) in [4.78, 5) is 0. The van der Waals surface area contributed by atoms with Crippen molar-refractivity contribution in [1.82, 2.24) is 0 Å². The minimum Gasteiger partial charge on any atom is -0.0912 e. The van der Waals surface area contributed by atoms with Crippen LogP contribution in [0.1, 0.15) is 66.0 Å². The summed E-state index contributed by atoms with van der Waals surface area (Å²) in [5.41, 5.74) is 6.21. The molecule has 1 unspecified atom stereocenters. The molecule has 1 atom stereocenters. The lowest BCUT2D eigenvalue weighted by Crippen LogP contribution is -2.10. The maximum Gasteiger partial charge on any atom is -0.0132 e. The van der Waals surface area contributed by atoms with Gasteiger partial charge in [0.25, 0.3) is 0 Å². The van der Waals surface area contributed by atoms with Gasteiger partial charge in [-0.05, 0) is 53.0 Å². The summed E-state index contributed by atoms with van der Waals surface area (Å²) in [5, 5.41) is 0. The highest BCUT2D eigenvalue weighted by Crippen LogP contribution is 2.25. The molecular formula is C26H36. The van der Waals surface area contributed by atoms with Crippen LogP contribution >= 0.6 is 0 Å². The molecule has 0 heteroatoms. The Kier molecular flexibility index (Phi) is 8.58. The average Bonchev–Trinajstić information content (AvgIpc) is 2.60. The van der Waals surface area contributed by atoms with Gasteiger partial charge in [-0.2, -0.15) is 0 Å². The molecule has 0 aromatic heterocycles. The molecular weight excluding hydrogens is 312 g/mol. The first-order valence-corrected chi connectivity index (χ1v) is 9.68. The highest BCUT2D eigenvalue weighted by molar-refractivity contribution is 5.69. The molecule has 140 valence electrons. The van der Waals surface area contributed by atoms with E-state index in [1.165, 1.54) is 16.7 Å². The minimum absolute atomic E-state index is 0.184. The fraction of sp³-hybridized carbons (Fsp3) is 0.385. The Balaban J connectivity index is 3.02. The van der Waals surface area contributed by atoms with Gasteiger partial charge in [-0.25, -0.2) is 0 Å². The maximum atomic E-state index is 4.28. The fourth-order valence-electron chi connectivity index (χ4n) is 2.60. The summed E-state index contributed by atoms with van der Waals surface area (Å²) in [7, 11) is 0. The standard InChI is InChI=1S/C26H36/c1-9-12-23(14-11-13-20(3)10-2)21(4)19-22(5)24-15-17-25(18-16-24)26(6,7)8/h9,11-20H,4,10H2,1-3,5-8H3/b12-9-,13-11-,22-19+,23-14+. The van der Waals surface area contributed by atoms with E-state index >= 15 is 0 Å². The van der Waals surface area contributed by atoms with Crippen LogP contribution in [-0.4, -0.2) is 0 Å². The Bertz CT molecular complexity index is 697. The van der Waals surface area contributed by atoms with Gasteiger partial charge in [0, 0.05) is 0 Å². The average molecular weight is 349 g/mol. The van der Waals surface area contributed by atoms with E-state index in [9.17, 15) is 0 Å². The highest BCUT2D eigenvalue weighted by Gasteiger charge is 2.12. The van der Waals surface area contributed by atoms with Crippen molar-refractivity contribution in [1.29, 1.82) is 0 Å². The second-order valence-electron chi connectivity index (χ2n) is 8.07. The molecule has 1 aromatic carbocycles. The Morgan fingerprint density at radius 3 is 2.27 bits per heavy atom. The number of hydrogen-bond donors (Lipinski definition) is 0. The summed E-state index contributed by atoms with van der Waals surface area (Å²) >= 11 is 0. The molecule has 0 aliphatic carbocycles. The molecule has 1 aromatic rings. The molecule has 0 fully saturated rings. The Morgan fingerprint density at radius 2 is 1.77 bits per heavy atom. The van der Waals surface area contributed by atoms with Crippen LogP contribution in [0.25, 0.3) is 5.57 Å². The van der Waals surface area contributed by atoms with Gasteiger partial charge >= 0.3 is 0 Å². The molecule has 0 spiro atoms. The number of allylic oxidation sites excluding steroid dienone is 9. The zero-order valence-electron chi connectivity index (χ0n) is 17.8. The monoisotopic (exact) mass is 348 g/mol. The maximum absolute atomic E-state index is 4.28. The van der Waals surface area contributed by atoms with Gasteiger partial charge < -0.3 is 0 Å². The van der Waals surface area contributed by atoms with E-state index in [0.717, 1.165) is 17.6 Å². The molecule has 0 amide bonds. The molecule has 0 bridgehead atoms. The van der Waals surface area contributed by atoms with E-state index in [1.807, 2.05) is 6.92 Å². The SMILES string of the molecule is C=C(/C=C(\C)c1ccc(C(C)(C)C)cc1)C(/C=C\C)=C/C=C\C(C)CC. The van der Waals surface area contributed by atoms with Gasteiger partial charge in [-0.1, -0.05) is 108 Å². The van der Waals surface area contributed by atoms with Crippen molar-refractivity contribution in [2.45, 2.75) is 60.3 Å². The summed E-state index contributed by atoms with van der Waals surface area (Å²) in [6.07, 6.45) is 14.1. The third kappa shape index (κ3) is 7.04. The second kappa shape index (κ2) is 10.2. The molecule has 0 nitrogen and oxygen atoms in total. The molecule has 0 radical (unpaired) electrons. The van der Waals surface area contributed by atoms with Crippen LogP contribution in [0.3, 0.4) is 0 Å². The number of benzene rings is 1. The lowest BCUT2D eigenvalue weighted by atomic mass is 9.86. The summed E-state index contributed by atoms with van der Waals surface area (Å²) in [6, 6.07) is 8.88. The van der Waals surface area contributed by atoms with E-state index in [0.29, 0.717) is 5.92 Å². The molecule has 26 heavy (non-hydrogen) atoms. The predicted molar refractivity (Wildman–Crippen MR) is 119 cm³/mol. The quantitative estimate of drug-likeness (QED) is 0.437. The van der Waals surface area contributed by atoms with Gasteiger partial charge in [0.1, 0.15) is 0 Å². The summed E-state index contributed by atoms with van der Waals surface area (Å²) in [6.45, 7) is 19.7. The molecule has 1 rings (SSSR count). The normalized spacial score (nSPS) is 15.0. The van der Waals surface area contributed by atoms with Gasteiger partial charge in [-0.15, -0.1) is 0 Å². The Morgan fingerprint density at radius 1 is 1.15 bits per heavy atom. The largest absolute Gasteiger partial charge is 0.0912 e. The van der Waals surface area contributed by atoms with Crippen LogP contribution in [0.4, 0.5) is 0 Å².